The molecule has 6 nitrogen and oxygen atoms in total. The molecule has 4 aromatic rings. The van der Waals surface area contributed by atoms with E-state index in [0.29, 0.717) is 11.7 Å². The van der Waals surface area contributed by atoms with E-state index in [0.717, 1.165) is 22.8 Å². The van der Waals surface area contributed by atoms with Crippen molar-refractivity contribution in [3.05, 3.63) is 114 Å². The van der Waals surface area contributed by atoms with Crippen molar-refractivity contribution in [1.29, 1.82) is 0 Å². The maximum Gasteiger partial charge on any atom is 0.226 e. The standard InChI is InChI=1S/C28H26FN5OS/c1-19-14-15-24(34(19)20-9-3-2-4-10-20)27-26(23-13-7-8-17-30-23)32-28(36)33(27)18-16-25(35)31-22-12-6-5-11-21(22)29/h2-15,17,26-27H,16,18H2,1H3,(H,31,35)(H,32,36)/t26-,27+/m0/s1. The summed E-state index contributed by atoms with van der Waals surface area (Å²) in [5.41, 5.74) is 4.20. The van der Waals surface area contributed by atoms with Crippen molar-refractivity contribution in [3.8, 4) is 5.69 Å². The van der Waals surface area contributed by atoms with E-state index in [1.165, 1.54) is 6.07 Å². The fraction of sp³-hybridized carbons (Fsp3) is 0.179. The van der Waals surface area contributed by atoms with E-state index < -0.39 is 5.82 Å². The van der Waals surface area contributed by atoms with E-state index >= 15 is 0 Å². The maximum atomic E-state index is 14.0. The average molecular weight is 500 g/mol. The van der Waals surface area contributed by atoms with E-state index in [-0.39, 0.29) is 30.1 Å². The van der Waals surface area contributed by atoms with Crippen LogP contribution in [-0.2, 0) is 4.79 Å². The maximum absolute atomic E-state index is 14.0. The number of benzene rings is 2. The van der Waals surface area contributed by atoms with Crippen LogP contribution in [0.25, 0.3) is 5.69 Å². The van der Waals surface area contributed by atoms with Crippen LogP contribution < -0.4 is 10.6 Å². The molecule has 0 saturated carbocycles. The van der Waals surface area contributed by atoms with Gasteiger partial charge in [-0.05, 0) is 67.7 Å². The Bertz CT molecular complexity index is 1380. The Hall–Kier alpha value is -4.04. The molecule has 3 heterocycles. The summed E-state index contributed by atoms with van der Waals surface area (Å²) in [5.74, 6) is -0.744. The molecule has 0 aliphatic carbocycles. The summed E-state index contributed by atoms with van der Waals surface area (Å²) < 4.78 is 16.2. The summed E-state index contributed by atoms with van der Waals surface area (Å²) in [4.78, 5) is 19.4. The number of amides is 1. The fourth-order valence-corrected chi connectivity index (χ4v) is 5.02. The molecule has 2 aromatic carbocycles. The number of halogens is 1. The molecule has 1 amide bonds. The normalized spacial score (nSPS) is 17.2. The van der Waals surface area contributed by atoms with Gasteiger partial charge in [0.1, 0.15) is 5.82 Å². The second-order valence-corrected chi connectivity index (χ2v) is 9.06. The Morgan fingerprint density at radius 3 is 2.53 bits per heavy atom. The molecule has 36 heavy (non-hydrogen) atoms. The van der Waals surface area contributed by atoms with E-state index in [1.807, 2.05) is 41.3 Å². The number of carbonyl (C=O) groups is 1. The molecule has 1 fully saturated rings. The van der Waals surface area contributed by atoms with Crippen LogP contribution >= 0.6 is 12.2 Å². The zero-order valence-corrected chi connectivity index (χ0v) is 20.6. The summed E-state index contributed by atoms with van der Waals surface area (Å²) in [6, 6.07) is 25.9. The van der Waals surface area contributed by atoms with E-state index in [2.05, 4.69) is 51.4 Å². The molecule has 2 atom stereocenters. The van der Waals surface area contributed by atoms with Gasteiger partial charge in [0.05, 0.1) is 23.5 Å². The second kappa shape index (κ2) is 10.3. The fourth-order valence-electron chi connectivity index (χ4n) is 4.68. The molecule has 2 N–H and O–H groups in total. The lowest BCUT2D eigenvalue weighted by Crippen LogP contribution is -2.33. The first kappa shape index (κ1) is 23.7. The average Bonchev–Trinajstić information content (AvgIpc) is 3.44. The van der Waals surface area contributed by atoms with Crippen molar-refractivity contribution in [2.45, 2.75) is 25.4 Å². The molecular formula is C28H26FN5OS. The number of hydrogen-bond acceptors (Lipinski definition) is 3. The molecule has 2 aromatic heterocycles. The topological polar surface area (TPSA) is 62.2 Å². The number of hydrogen-bond donors (Lipinski definition) is 2. The number of nitrogens with one attached hydrogen (secondary N) is 2. The highest BCUT2D eigenvalue weighted by Crippen LogP contribution is 2.40. The lowest BCUT2D eigenvalue weighted by molar-refractivity contribution is -0.116. The van der Waals surface area contributed by atoms with Gasteiger partial charge in [0.2, 0.25) is 5.91 Å². The van der Waals surface area contributed by atoms with Gasteiger partial charge in [0, 0.05) is 36.2 Å². The van der Waals surface area contributed by atoms with Gasteiger partial charge in [-0.3, -0.25) is 9.78 Å². The van der Waals surface area contributed by atoms with Crippen LogP contribution in [0.5, 0.6) is 0 Å². The Morgan fingerprint density at radius 2 is 1.78 bits per heavy atom. The number of carbonyl (C=O) groups excluding carboxylic acids is 1. The third kappa shape index (κ3) is 4.72. The highest BCUT2D eigenvalue weighted by Gasteiger charge is 2.41. The number of pyridine rings is 1. The van der Waals surface area contributed by atoms with Crippen molar-refractivity contribution < 1.29 is 9.18 Å². The van der Waals surface area contributed by atoms with Gasteiger partial charge in [0.15, 0.2) is 5.11 Å². The van der Waals surface area contributed by atoms with Gasteiger partial charge in [-0.1, -0.05) is 36.4 Å². The summed E-state index contributed by atoms with van der Waals surface area (Å²) >= 11 is 5.75. The van der Waals surface area contributed by atoms with Crippen molar-refractivity contribution in [2.24, 2.45) is 0 Å². The summed E-state index contributed by atoms with van der Waals surface area (Å²) in [5, 5.41) is 6.64. The van der Waals surface area contributed by atoms with Gasteiger partial charge < -0.3 is 20.1 Å². The SMILES string of the molecule is Cc1ccc([C@@H]2[C@H](c3ccccn3)NC(=S)N2CCC(=O)Nc2ccccc2F)n1-c1ccccc1. The summed E-state index contributed by atoms with van der Waals surface area (Å²) in [6.07, 6.45) is 1.91. The van der Waals surface area contributed by atoms with Gasteiger partial charge >= 0.3 is 0 Å². The monoisotopic (exact) mass is 499 g/mol. The van der Waals surface area contributed by atoms with Crippen molar-refractivity contribution in [2.75, 3.05) is 11.9 Å². The second-order valence-electron chi connectivity index (χ2n) is 8.67. The number of nitrogens with zero attached hydrogens (tertiary/aromatic N) is 3. The molecule has 0 radical (unpaired) electrons. The first-order valence-electron chi connectivity index (χ1n) is 11.8. The molecule has 1 aliphatic rings. The zero-order chi connectivity index (χ0) is 25.1. The predicted octanol–water partition coefficient (Wildman–Crippen LogP) is 5.32. The Morgan fingerprint density at radius 1 is 1.03 bits per heavy atom. The Balaban J connectivity index is 1.47. The lowest BCUT2D eigenvalue weighted by atomic mass is 10.0. The van der Waals surface area contributed by atoms with Crippen LogP contribution in [0.3, 0.4) is 0 Å². The minimum absolute atomic E-state index is 0.145. The van der Waals surface area contributed by atoms with Crippen molar-refractivity contribution in [3.63, 3.8) is 0 Å². The summed E-state index contributed by atoms with van der Waals surface area (Å²) in [6.45, 7) is 2.43. The molecule has 0 spiro atoms. The van der Waals surface area contributed by atoms with Gasteiger partial charge in [-0.15, -0.1) is 0 Å². The molecular weight excluding hydrogens is 473 g/mol. The number of para-hydroxylation sites is 2. The molecule has 0 unspecified atom stereocenters. The lowest BCUT2D eigenvalue weighted by Gasteiger charge is -2.29. The molecule has 1 aliphatic heterocycles. The van der Waals surface area contributed by atoms with Crippen molar-refractivity contribution >= 4 is 28.9 Å². The van der Waals surface area contributed by atoms with Crippen LogP contribution in [-0.4, -0.2) is 32.0 Å². The van der Waals surface area contributed by atoms with Crippen LogP contribution in [0.4, 0.5) is 10.1 Å². The van der Waals surface area contributed by atoms with E-state index in [4.69, 9.17) is 12.2 Å². The highest BCUT2D eigenvalue weighted by molar-refractivity contribution is 7.80. The number of aryl methyl sites for hydroxylation is 1. The number of anilines is 1. The smallest absolute Gasteiger partial charge is 0.226 e. The molecule has 1 saturated heterocycles. The largest absolute Gasteiger partial charge is 0.352 e. The third-order valence-electron chi connectivity index (χ3n) is 6.35. The van der Waals surface area contributed by atoms with E-state index in [1.54, 1.807) is 24.4 Å². The third-order valence-corrected chi connectivity index (χ3v) is 6.70. The Kier molecular flexibility index (Phi) is 6.77. The minimum Gasteiger partial charge on any atom is -0.352 e. The molecule has 5 rings (SSSR count). The number of thiocarbonyl (C=S) groups is 1. The zero-order valence-electron chi connectivity index (χ0n) is 19.8. The molecule has 8 heteroatoms. The van der Waals surface area contributed by atoms with Gasteiger partial charge in [-0.2, -0.15) is 0 Å². The van der Waals surface area contributed by atoms with Crippen molar-refractivity contribution in [1.82, 2.24) is 19.8 Å². The minimum atomic E-state index is -0.464. The number of rotatable bonds is 7. The predicted molar refractivity (Wildman–Crippen MR) is 142 cm³/mol. The highest BCUT2D eigenvalue weighted by atomic mass is 32.1. The first-order valence-corrected chi connectivity index (χ1v) is 12.2. The van der Waals surface area contributed by atoms with Crippen LogP contribution in [0.1, 0.15) is 35.6 Å². The summed E-state index contributed by atoms with van der Waals surface area (Å²) in [7, 11) is 0. The first-order chi connectivity index (χ1) is 17.5. The van der Waals surface area contributed by atoms with E-state index in [9.17, 15) is 9.18 Å². The Labute approximate surface area is 214 Å². The van der Waals surface area contributed by atoms with Crippen LogP contribution in [0.2, 0.25) is 0 Å². The van der Waals surface area contributed by atoms with Gasteiger partial charge in [-0.25, -0.2) is 4.39 Å². The van der Waals surface area contributed by atoms with Crippen LogP contribution in [0.15, 0.2) is 91.1 Å². The quantitative estimate of drug-likeness (QED) is 0.337. The van der Waals surface area contributed by atoms with Gasteiger partial charge in [0.25, 0.3) is 0 Å². The molecule has 0 bridgehead atoms. The number of aromatic nitrogens is 2. The molecule has 182 valence electrons. The van der Waals surface area contributed by atoms with Crippen LogP contribution in [0, 0.1) is 12.7 Å².